The van der Waals surface area contributed by atoms with E-state index in [9.17, 15) is 0 Å². The molecule has 6 aromatic rings. The molecule has 0 aliphatic heterocycles. The van der Waals surface area contributed by atoms with E-state index in [0.717, 1.165) is 38.1 Å². The van der Waals surface area contributed by atoms with Crippen LogP contribution in [-0.4, -0.2) is 4.98 Å². The van der Waals surface area contributed by atoms with Crippen molar-refractivity contribution in [3.8, 4) is 11.3 Å². The Kier molecular flexibility index (Phi) is 2.65. The topological polar surface area (TPSA) is 29.9 Å². The number of aromatic nitrogens is 2. The predicted molar refractivity (Wildman–Crippen MR) is 127 cm³/mol. The molecule has 0 bridgehead atoms. The summed E-state index contributed by atoms with van der Waals surface area (Å²) in [6, 6.07) is 19.5. The summed E-state index contributed by atoms with van der Waals surface area (Å²) in [7, 11) is 1.72. The van der Waals surface area contributed by atoms with Crippen molar-refractivity contribution in [2.24, 2.45) is 7.05 Å². The van der Waals surface area contributed by atoms with Crippen LogP contribution in [0.5, 0.6) is 0 Å². The smallest absolute Gasteiger partial charge is 0.216 e. The van der Waals surface area contributed by atoms with Crippen LogP contribution in [0, 0.1) is 20.6 Å². The highest BCUT2D eigenvalue weighted by atomic mass is 16.3. The van der Waals surface area contributed by atoms with E-state index in [0.29, 0.717) is 22.4 Å². The zero-order valence-electron chi connectivity index (χ0n) is 23.2. The molecule has 0 unspecified atom stereocenters. The fourth-order valence-corrected chi connectivity index (χ4v) is 4.48. The second kappa shape index (κ2) is 6.39. The van der Waals surface area contributed by atoms with Crippen molar-refractivity contribution in [3.63, 3.8) is 0 Å². The van der Waals surface area contributed by atoms with Gasteiger partial charge in [-0.2, -0.15) is 0 Å². The van der Waals surface area contributed by atoms with E-state index < -0.39 is 13.7 Å². The molecule has 3 nitrogen and oxygen atoms in total. The molecule has 0 aliphatic rings. The molecule has 0 aliphatic carbocycles. The summed E-state index contributed by atoms with van der Waals surface area (Å²) < 4.78 is 55.8. The lowest BCUT2D eigenvalue weighted by Crippen LogP contribution is -2.31. The van der Waals surface area contributed by atoms with Crippen LogP contribution in [0.4, 0.5) is 0 Å². The molecule has 150 valence electrons. The van der Waals surface area contributed by atoms with Crippen LogP contribution >= 0.6 is 0 Å². The van der Waals surface area contributed by atoms with Crippen molar-refractivity contribution >= 4 is 43.7 Å². The molecular weight excluding hydrogens is 380 g/mol. The van der Waals surface area contributed by atoms with Gasteiger partial charge < -0.3 is 4.42 Å². The zero-order valence-corrected chi connectivity index (χ0v) is 17.2. The molecule has 0 radical (unpaired) electrons. The van der Waals surface area contributed by atoms with Gasteiger partial charge in [0.15, 0.2) is 17.4 Å². The molecule has 0 N–H and O–H groups in total. The third-order valence-corrected chi connectivity index (χ3v) is 6.05. The number of furan rings is 1. The van der Waals surface area contributed by atoms with Crippen LogP contribution in [0.3, 0.4) is 0 Å². The van der Waals surface area contributed by atoms with Gasteiger partial charge in [-0.1, -0.05) is 36.4 Å². The second-order valence-corrected chi connectivity index (χ2v) is 8.02. The fraction of sp³-hybridized carbons (Fsp3) is 0.143. The maximum absolute atomic E-state index is 8.02. The first-order valence-corrected chi connectivity index (χ1v) is 10.1. The molecule has 0 atom stereocenters. The van der Waals surface area contributed by atoms with E-state index in [1.807, 2.05) is 43.3 Å². The molecule has 0 saturated heterocycles. The van der Waals surface area contributed by atoms with Crippen LogP contribution in [0.2, 0.25) is 0 Å². The Labute approximate surface area is 189 Å². The van der Waals surface area contributed by atoms with Crippen LogP contribution in [0.15, 0.2) is 71.3 Å². The van der Waals surface area contributed by atoms with Crippen molar-refractivity contribution in [1.82, 2.24) is 4.98 Å². The zero-order chi connectivity index (χ0) is 26.3. The highest BCUT2D eigenvalue weighted by molar-refractivity contribution is 6.14. The minimum atomic E-state index is -2.59. The third kappa shape index (κ3) is 2.59. The molecular formula is C28H23N2O+. The monoisotopic (exact) mass is 409 g/mol. The number of hydrogen-bond acceptors (Lipinski definition) is 2. The van der Waals surface area contributed by atoms with Crippen molar-refractivity contribution in [2.45, 2.75) is 20.6 Å². The van der Waals surface area contributed by atoms with Crippen molar-refractivity contribution in [1.29, 1.82) is 0 Å². The quantitative estimate of drug-likeness (QED) is 0.223. The highest BCUT2D eigenvalue weighted by Crippen LogP contribution is 2.38. The van der Waals surface area contributed by atoms with Crippen LogP contribution < -0.4 is 4.57 Å². The van der Waals surface area contributed by atoms with Gasteiger partial charge >= 0.3 is 0 Å². The molecule has 0 amide bonds. The molecule has 3 aromatic heterocycles. The molecule has 3 aromatic carbocycles. The molecule has 3 heteroatoms. The van der Waals surface area contributed by atoms with E-state index in [1.54, 1.807) is 11.6 Å². The average Bonchev–Trinajstić information content (AvgIpc) is 3.19. The Morgan fingerprint density at radius 2 is 1.74 bits per heavy atom. The third-order valence-electron chi connectivity index (χ3n) is 6.05. The Hall–Kier alpha value is -3.72. The van der Waals surface area contributed by atoms with Gasteiger partial charge in [-0.3, -0.25) is 0 Å². The van der Waals surface area contributed by atoms with Gasteiger partial charge in [0.05, 0.1) is 11.1 Å². The van der Waals surface area contributed by atoms with Gasteiger partial charge in [-0.05, 0) is 60.7 Å². The molecule has 31 heavy (non-hydrogen) atoms. The number of aryl methyl sites for hydroxylation is 4. The average molecular weight is 410 g/mol. The largest absolute Gasteiger partial charge is 0.453 e. The number of nitrogens with zero attached hydrogens (tertiary/aromatic N) is 2. The number of rotatable bonds is 1. The van der Waals surface area contributed by atoms with E-state index in [2.05, 4.69) is 18.2 Å². The van der Waals surface area contributed by atoms with Gasteiger partial charge in [-0.25, -0.2) is 9.55 Å². The lowest BCUT2D eigenvalue weighted by molar-refractivity contribution is -0.660. The van der Waals surface area contributed by atoms with Crippen LogP contribution in [0.1, 0.15) is 24.9 Å². The fourth-order valence-electron chi connectivity index (χ4n) is 4.48. The first kappa shape index (κ1) is 12.9. The van der Waals surface area contributed by atoms with E-state index in [4.69, 9.17) is 17.6 Å². The Morgan fingerprint density at radius 1 is 0.871 bits per heavy atom. The molecule has 0 fully saturated rings. The van der Waals surface area contributed by atoms with Gasteiger partial charge in [0.2, 0.25) is 5.69 Å². The van der Waals surface area contributed by atoms with Crippen molar-refractivity contribution < 1.29 is 17.2 Å². The molecule has 3 heterocycles. The minimum Gasteiger partial charge on any atom is -0.453 e. The summed E-state index contributed by atoms with van der Waals surface area (Å²) in [5.74, 6) is 0. The number of pyridine rings is 2. The molecule has 0 saturated carbocycles. The van der Waals surface area contributed by atoms with Crippen LogP contribution in [-0.2, 0) is 7.05 Å². The summed E-state index contributed by atoms with van der Waals surface area (Å²) in [6.07, 6.45) is 1.39. The lowest BCUT2D eigenvalue weighted by atomic mass is 9.99. The van der Waals surface area contributed by atoms with E-state index in [1.165, 1.54) is 12.3 Å². The van der Waals surface area contributed by atoms with Gasteiger partial charge in [0.25, 0.3) is 0 Å². The minimum absolute atomic E-state index is 0.187. The SMILES string of the molecule is [2H]C([2H])([2H])c1cc(-c2c(C)ccc3c2oc2cc4c(ccc5ccccc54)nc23)[n+](C)cc1C([2H])([2H])[2H]. The van der Waals surface area contributed by atoms with Gasteiger partial charge in [-0.15, -0.1) is 0 Å². The van der Waals surface area contributed by atoms with Crippen LogP contribution in [0.25, 0.3) is 55.0 Å². The molecule has 6 rings (SSSR count). The van der Waals surface area contributed by atoms with E-state index >= 15 is 0 Å². The van der Waals surface area contributed by atoms with Crippen molar-refractivity contribution in [3.05, 3.63) is 83.6 Å². The summed E-state index contributed by atoms with van der Waals surface area (Å²) in [4.78, 5) is 4.94. The van der Waals surface area contributed by atoms with Gasteiger partial charge in [0.1, 0.15) is 12.6 Å². The standard InChI is InChI=1S/C28H23N2O/c1-16-9-11-21-27-25(14-22-20-8-6-5-7-19(20)10-12-23(22)29-27)31-28(21)26(16)24-13-17(2)18(3)15-30(24)4/h5-15H,1-4H3/q+1/i2D3,3D3. The lowest BCUT2D eigenvalue weighted by Gasteiger charge is -2.07. The Morgan fingerprint density at radius 3 is 2.61 bits per heavy atom. The van der Waals surface area contributed by atoms with E-state index in [-0.39, 0.29) is 11.1 Å². The predicted octanol–water partition coefficient (Wildman–Crippen LogP) is 6.70. The van der Waals surface area contributed by atoms with Gasteiger partial charge in [0, 0.05) is 30.6 Å². The first-order chi connectivity index (χ1) is 17.4. The maximum atomic E-state index is 8.02. The number of benzene rings is 3. The highest BCUT2D eigenvalue weighted by Gasteiger charge is 2.22. The molecule has 0 spiro atoms. The normalized spacial score (nSPS) is 15.5. The number of hydrogen-bond donors (Lipinski definition) is 0. The summed E-state index contributed by atoms with van der Waals surface area (Å²) >= 11 is 0. The summed E-state index contributed by atoms with van der Waals surface area (Å²) in [5.41, 5.74) is 4.53. The maximum Gasteiger partial charge on any atom is 0.216 e. The summed E-state index contributed by atoms with van der Waals surface area (Å²) in [6.45, 7) is -3.23. The Balaban J connectivity index is 1.68. The van der Waals surface area contributed by atoms with Crippen molar-refractivity contribution in [2.75, 3.05) is 0 Å². The first-order valence-electron chi connectivity index (χ1n) is 13.1. The Bertz CT molecular complexity index is 1880. The summed E-state index contributed by atoms with van der Waals surface area (Å²) in [5, 5.41) is 3.99. The second-order valence-electron chi connectivity index (χ2n) is 8.02. The number of fused-ring (bicyclic) bond motifs is 6.